The second-order valence-corrected chi connectivity index (χ2v) is 7.35. The summed E-state index contributed by atoms with van der Waals surface area (Å²) in [5.74, 6) is 1.64. The number of nitrogens with zero attached hydrogens (tertiary/aromatic N) is 2. The molecule has 0 saturated carbocycles. The number of ether oxygens (including phenoxy) is 1. The molecule has 0 aliphatic carbocycles. The van der Waals surface area contributed by atoms with E-state index in [1.54, 1.807) is 12.1 Å². The summed E-state index contributed by atoms with van der Waals surface area (Å²) in [6, 6.07) is 14.9. The van der Waals surface area contributed by atoms with Crippen LogP contribution < -0.4 is 10.1 Å². The van der Waals surface area contributed by atoms with Gasteiger partial charge in [0, 0.05) is 56.6 Å². The Bertz CT molecular complexity index is 961. The van der Waals surface area contributed by atoms with Crippen molar-refractivity contribution in [1.82, 2.24) is 15.2 Å². The van der Waals surface area contributed by atoms with E-state index in [4.69, 9.17) is 4.74 Å². The topological polar surface area (TPSA) is 52.7 Å². The number of H-pyrrole nitrogens is 1. The van der Waals surface area contributed by atoms with Crippen LogP contribution in [0.25, 0.3) is 10.9 Å². The van der Waals surface area contributed by atoms with Gasteiger partial charge in [0.15, 0.2) is 5.96 Å². The number of benzene rings is 2. The maximum absolute atomic E-state index is 13.5. The number of para-hydroxylation sites is 1. The van der Waals surface area contributed by atoms with Gasteiger partial charge >= 0.3 is 0 Å². The second-order valence-electron chi connectivity index (χ2n) is 7.35. The highest BCUT2D eigenvalue weighted by molar-refractivity contribution is 5.83. The molecule has 6 heteroatoms. The van der Waals surface area contributed by atoms with Gasteiger partial charge in [-0.3, -0.25) is 4.99 Å². The number of nitrogens with one attached hydrogen (secondary N) is 2. The van der Waals surface area contributed by atoms with E-state index in [-0.39, 0.29) is 11.9 Å². The van der Waals surface area contributed by atoms with Crippen molar-refractivity contribution in [3.8, 4) is 5.75 Å². The van der Waals surface area contributed by atoms with Crippen LogP contribution in [0.15, 0.2) is 59.7 Å². The van der Waals surface area contributed by atoms with E-state index >= 15 is 0 Å². The van der Waals surface area contributed by atoms with Crippen molar-refractivity contribution in [1.29, 1.82) is 0 Å². The number of halogens is 1. The van der Waals surface area contributed by atoms with Gasteiger partial charge in [-0.05, 0) is 42.3 Å². The highest BCUT2D eigenvalue weighted by Gasteiger charge is 2.22. The van der Waals surface area contributed by atoms with Gasteiger partial charge in [-0.25, -0.2) is 4.39 Å². The van der Waals surface area contributed by atoms with E-state index in [2.05, 4.69) is 20.2 Å². The highest BCUT2D eigenvalue weighted by atomic mass is 19.1. The zero-order chi connectivity index (χ0) is 20.1. The zero-order valence-electron chi connectivity index (χ0n) is 16.7. The van der Waals surface area contributed by atoms with Gasteiger partial charge in [0.25, 0.3) is 0 Å². The Labute approximate surface area is 170 Å². The number of aromatic amines is 1. The summed E-state index contributed by atoms with van der Waals surface area (Å²) in [4.78, 5) is 9.92. The van der Waals surface area contributed by atoms with E-state index in [0.29, 0.717) is 0 Å². The van der Waals surface area contributed by atoms with E-state index in [1.165, 1.54) is 6.07 Å². The molecular formula is C23H27FN4O. The summed E-state index contributed by atoms with van der Waals surface area (Å²) >= 11 is 0. The van der Waals surface area contributed by atoms with E-state index in [0.717, 1.165) is 67.1 Å². The van der Waals surface area contributed by atoms with Crippen LogP contribution in [-0.4, -0.2) is 48.6 Å². The molecule has 2 aromatic carbocycles. The Morgan fingerprint density at radius 1 is 1.21 bits per heavy atom. The van der Waals surface area contributed by atoms with Crippen molar-refractivity contribution in [2.45, 2.75) is 25.4 Å². The number of likely N-dealkylation sites (tertiary alicyclic amines) is 1. The van der Waals surface area contributed by atoms with Gasteiger partial charge in [0.2, 0.25) is 0 Å². The van der Waals surface area contributed by atoms with Gasteiger partial charge in [-0.15, -0.1) is 0 Å². The minimum absolute atomic E-state index is 0.206. The lowest BCUT2D eigenvalue weighted by Gasteiger charge is -2.34. The molecule has 2 heterocycles. The Hall–Kier alpha value is -3.02. The van der Waals surface area contributed by atoms with Crippen LogP contribution in [0.4, 0.5) is 4.39 Å². The second kappa shape index (κ2) is 8.99. The first kappa shape index (κ1) is 19.3. The fraction of sp³-hybridized carbons (Fsp3) is 0.348. The van der Waals surface area contributed by atoms with E-state index in [9.17, 15) is 4.39 Å². The third-order valence-corrected chi connectivity index (χ3v) is 5.41. The molecular weight excluding hydrogens is 367 g/mol. The molecule has 0 radical (unpaired) electrons. The Morgan fingerprint density at radius 3 is 2.76 bits per heavy atom. The molecule has 0 spiro atoms. The van der Waals surface area contributed by atoms with E-state index < -0.39 is 0 Å². The summed E-state index contributed by atoms with van der Waals surface area (Å²) in [5.41, 5.74) is 2.07. The molecule has 5 nitrogen and oxygen atoms in total. The van der Waals surface area contributed by atoms with Crippen molar-refractivity contribution < 1.29 is 9.13 Å². The number of guanidine groups is 1. The third kappa shape index (κ3) is 4.70. The summed E-state index contributed by atoms with van der Waals surface area (Å²) in [7, 11) is 1.82. The molecule has 3 aromatic rings. The first-order valence-corrected chi connectivity index (χ1v) is 10.2. The molecule has 0 amide bonds. The lowest BCUT2D eigenvalue weighted by molar-refractivity contribution is 0.129. The predicted molar refractivity (Wildman–Crippen MR) is 115 cm³/mol. The number of hydrogen-bond acceptors (Lipinski definition) is 2. The normalized spacial score (nSPS) is 15.7. The predicted octanol–water partition coefficient (Wildman–Crippen LogP) is 3.97. The SMILES string of the molecule is CN=C(NCCc1c[nH]c2ccc(F)cc12)N1CCC(Oc2ccccc2)CC1. The molecule has 0 atom stereocenters. The van der Waals surface area contributed by atoms with Crippen molar-refractivity contribution in [3.63, 3.8) is 0 Å². The van der Waals surface area contributed by atoms with Crippen molar-refractivity contribution in [2.24, 2.45) is 4.99 Å². The quantitative estimate of drug-likeness (QED) is 0.509. The largest absolute Gasteiger partial charge is 0.490 e. The lowest BCUT2D eigenvalue weighted by atomic mass is 10.1. The number of piperidine rings is 1. The van der Waals surface area contributed by atoms with Gasteiger partial charge in [-0.2, -0.15) is 0 Å². The van der Waals surface area contributed by atoms with Crippen molar-refractivity contribution in [2.75, 3.05) is 26.7 Å². The number of fused-ring (bicyclic) bond motifs is 1. The molecule has 1 aliphatic heterocycles. The van der Waals surface area contributed by atoms with E-state index in [1.807, 2.05) is 43.6 Å². The maximum Gasteiger partial charge on any atom is 0.193 e. The van der Waals surface area contributed by atoms with Crippen LogP contribution in [0.2, 0.25) is 0 Å². The first-order valence-electron chi connectivity index (χ1n) is 10.2. The van der Waals surface area contributed by atoms with Gasteiger partial charge in [0.1, 0.15) is 17.7 Å². The lowest BCUT2D eigenvalue weighted by Crippen LogP contribution is -2.47. The average molecular weight is 394 g/mol. The van der Waals surface area contributed by atoms with Crippen LogP contribution >= 0.6 is 0 Å². The van der Waals surface area contributed by atoms with Crippen LogP contribution in [0, 0.1) is 5.82 Å². The number of hydrogen-bond donors (Lipinski definition) is 2. The highest BCUT2D eigenvalue weighted by Crippen LogP contribution is 2.20. The molecule has 152 valence electrons. The first-order chi connectivity index (χ1) is 14.2. The Morgan fingerprint density at radius 2 is 2.00 bits per heavy atom. The van der Waals surface area contributed by atoms with Gasteiger partial charge in [-0.1, -0.05) is 18.2 Å². The summed E-state index contributed by atoms with van der Waals surface area (Å²) < 4.78 is 19.6. The fourth-order valence-electron chi connectivity index (χ4n) is 3.88. The molecule has 1 aliphatic rings. The summed E-state index contributed by atoms with van der Waals surface area (Å²) in [6.45, 7) is 2.57. The third-order valence-electron chi connectivity index (χ3n) is 5.41. The summed E-state index contributed by atoms with van der Waals surface area (Å²) in [5, 5.41) is 4.39. The summed E-state index contributed by atoms with van der Waals surface area (Å²) in [6.07, 6.45) is 4.94. The average Bonchev–Trinajstić information content (AvgIpc) is 3.15. The minimum atomic E-state index is -0.206. The fourth-order valence-corrected chi connectivity index (χ4v) is 3.88. The van der Waals surface area contributed by atoms with Crippen LogP contribution in [0.3, 0.4) is 0 Å². The molecule has 4 rings (SSSR count). The van der Waals surface area contributed by atoms with Gasteiger partial charge < -0.3 is 19.9 Å². The number of rotatable bonds is 5. The molecule has 1 aromatic heterocycles. The molecule has 1 fully saturated rings. The van der Waals surface area contributed by atoms with Crippen molar-refractivity contribution >= 4 is 16.9 Å². The van der Waals surface area contributed by atoms with Crippen LogP contribution in [0.5, 0.6) is 5.75 Å². The molecule has 0 bridgehead atoms. The Balaban J connectivity index is 1.27. The van der Waals surface area contributed by atoms with Crippen molar-refractivity contribution in [3.05, 3.63) is 66.1 Å². The van der Waals surface area contributed by atoms with Crippen LogP contribution in [0.1, 0.15) is 18.4 Å². The molecule has 2 N–H and O–H groups in total. The van der Waals surface area contributed by atoms with Crippen LogP contribution in [-0.2, 0) is 6.42 Å². The Kier molecular flexibility index (Phi) is 5.98. The smallest absolute Gasteiger partial charge is 0.193 e. The monoisotopic (exact) mass is 394 g/mol. The number of aromatic nitrogens is 1. The number of aliphatic imine (C=N–C) groups is 1. The molecule has 29 heavy (non-hydrogen) atoms. The zero-order valence-corrected chi connectivity index (χ0v) is 16.7. The van der Waals surface area contributed by atoms with Gasteiger partial charge in [0.05, 0.1) is 0 Å². The standard InChI is InChI=1S/C23H27FN4O/c1-25-23(26-12-9-17-16-27-22-8-7-18(24)15-21(17)22)28-13-10-20(11-14-28)29-19-5-3-2-4-6-19/h2-8,15-16,20,27H,9-14H2,1H3,(H,25,26). The minimum Gasteiger partial charge on any atom is -0.490 e. The molecule has 0 unspecified atom stereocenters. The maximum atomic E-state index is 13.5. The molecule has 1 saturated heterocycles.